The number of phenolic OH excluding ortho intramolecular Hbond substituents is 1. The molecule has 1 aromatic carbocycles. The average molecular weight is 312 g/mol. The molecule has 1 atom stereocenters. The van der Waals surface area contributed by atoms with E-state index in [2.05, 4.69) is 10.3 Å². The van der Waals surface area contributed by atoms with E-state index in [0.717, 1.165) is 11.3 Å². The molecule has 1 aliphatic carbocycles. The summed E-state index contributed by atoms with van der Waals surface area (Å²) in [5, 5.41) is 22.3. The van der Waals surface area contributed by atoms with E-state index in [1.807, 2.05) is 18.2 Å². The van der Waals surface area contributed by atoms with Gasteiger partial charge in [-0.2, -0.15) is 0 Å². The van der Waals surface area contributed by atoms with Crippen molar-refractivity contribution in [3.05, 3.63) is 59.4 Å². The Morgan fingerprint density at radius 1 is 1.30 bits per heavy atom. The van der Waals surface area contributed by atoms with E-state index in [1.165, 1.54) is 6.07 Å². The number of aryl methyl sites for hydroxylation is 1. The fourth-order valence-electron chi connectivity index (χ4n) is 2.87. The second-order valence-electron chi connectivity index (χ2n) is 6.09. The third-order valence-electron chi connectivity index (χ3n) is 4.39. The summed E-state index contributed by atoms with van der Waals surface area (Å²) in [7, 11) is 0. The number of pyridine rings is 1. The molecule has 0 spiro atoms. The summed E-state index contributed by atoms with van der Waals surface area (Å²) < 4.78 is 0. The molecular formula is C18H20N2O3. The number of nitrogens with one attached hydrogen (secondary N) is 1. The SMILES string of the molecule is Cc1ccc(C(=O)N[C@H](c2ccccn2)C2CC(O)C2)cc1O. The lowest BCUT2D eigenvalue weighted by Gasteiger charge is -2.37. The molecule has 1 amide bonds. The molecule has 23 heavy (non-hydrogen) atoms. The Bertz CT molecular complexity index is 697. The molecule has 0 saturated heterocycles. The normalized spacial score (nSPS) is 21.3. The molecule has 0 aliphatic heterocycles. The third kappa shape index (κ3) is 3.35. The first-order chi connectivity index (χ1) is 11.0. The van der Waals surface area contributed by atoms with Gasteiger partial charge in [-0.25, -0.2) is 0 Å². The van der Waals surface area contributed by atoms with Gasteiger partial charge in [0.25, 0.3) is 5.91 Å². The first kappa shape index (κ1) is 15.5. The second kappa shape index (κ2) is 6.38. The number of aliphatic hydroxyl groups is 1. The van der Waals surface area contributed by atoms with E-state index in [-0.39, 0.29) is 29.7 Å². The van der Waals surface area contributed by atoms with Gasteiger partial charge in [0.15, 0.2) is 0 Å². The maximum atomic E-state index is 12.5. The molecule has 3 N–H and O–H groups in total. The highest BCUT2D eigenvalue weighted by Crippen LogP contribution is 2.37. The van der Waals surface area contributed by atoms with E-state index >= 15 is 0 Å². The van der Waals surface area contributed by atoms with Gasteiger partial charge in [-0.05, 0) is 55.5 Å². The highest BCUT2D eigenvalue weighted by molar-refractivity contribution is 5.95. The van der Waals surface area contributed by atoms with Gasteiger partial charge in [0.1, 0.15) is 5.75 Å². The fourth-order valence-corrected chi connectivity index (χ4v) is 2.87. The van der Waals surface area contributed by atoms with Crippen LogP contribution in [0.2, 0.25) is 0 Å². The van der Waals surface area contributed by atoms with E-state index in [1.54, 1.807) is 25.3 Å². The van der Waals surface area contributed by atoms with Crippen LogP contribution in [0.15, 0.2) is 42.6 Å². The Kier molecular flexibility index (Phi) is 4.30. The van der Waals surface area contributed by atoms with Crippen molar-refractivity contribution in [2.24, 2.45) is 5.92 Å². The van der Waals surface area contributed by atoms with Crippen LogP contribution in [0.3, 0.4) is 0 Å². The zero-order chi connectivity index (χ0) is 16.4. The van der Waals surface area contributed by atoms with E-state index in [9.17, 15) is 15.0 Å². The Hall–Kier alpha value is -2.40. The maximum Gasteiger partial charge on any atom is 0.251 e. The lowest BCUT2D eigenvalue weighted by atomic mass is 9.76. The van der Waals surface area contributed by atoms with Crippen LogP contribution in [-0.2, 0) is 0 Å². The van der Waals surface area contributed by atoms with Crippen LogP contribution >= 0.6 is 0 Å². The van der Waals surface area contributed by atoms with Gasteiger partial charge in [-0.3, -0.25) is 9.78 Å². The molecule has 0 radical (unpaired) electrons. The molecule has 2 aromatic rings. The molecule has 120 valence electrons. The molecule has 1 aliphatic rings. The number of hydrogen-bond acceptors (Lipinski definition) is 4. The summed E-state index contributed by atoms with van der Waals surface area (Å²) in [6, 6.07) is 10.2. The molecule has 0 bridgehead atoms. The first-order valence-electron chi connectivity index (χ1n) is 7.74. The number of amides is 1. The maximum absolute atomic E-state index is 12.5. The number of benzene rings is 1. The molecule has 0 unspecified atom stereocenters. The average Bonchev–Trinajstić information content (AvgIpc) is 2.53. The van der Waals surface area contributed by atoms with Gasteiger partial charge in [-0.15, -0.1) is 0 Å². The van der Waals surface area contributed by atoms with Crippen molar-refractivity contribution >= 4 is 5.91 Å². The molecule has 1 fully saturated rings. The van der Waals surface area contributed by atoms with Gasteiger partial charge in [-0.1, -0.05) is 12.1 Å². The number of phenols is 1. The Balaban J connectivity index is 1.80. The van der Waals surface area contributed by atoms with Gasteiger partial charge < -0.3 is 15.5 Å². The van der Waals surface area contributed by atoms with Gasteiger partial charge >= 0.3 is 0 Å². The van der Waals surface area contributed by atoms with Crippen molar-refractivity contribution in [3.63, 3.8) is 0 Å². The van der Waals surface area contributed by atoms with E-state index in [0.29, 0.717) is 18.4 Å². The van der Waals surface area contributed by atoms with E-state index < -0.39 is 0 Å². The van der Waals surface area contributed by atoms with Gasteiger partial charge in [0, 0.05) is 11.8 Å². The van der Waals surface area contributed by atoms with Crippen LogP contribution in [0, 0.1) is 12.8 Å². The second-order valence-corrected chi connectivity index (χ2v) is 6.09. The third-order valence-corrected chi connectivity index (χ3v) is 4.39. The molecule has 1 aromatic heterocycles. The van der Waals surface area contributed by atoms with Crippen molar-refractivity contribution in [2.45, 2.75) is 31.9 Å². The quantitative estimate of drug-likeness (QED) is 0.809. The molecule has 3 rings (SSSR count). The minimum Gasteiger partial charge on any atom is -0.508 e. The topological polar surface area (TPSA) is 82.5 Å². The number of nitrogens with zero attached hydrogens (tertiary/aromatic N) is 1. The monoisotopic (exact) mass is 312 g/mol. The van der Waals surface area contributed by atoms with Crippen molar-refractivity contribution < 1.29 is 15.0 Å². The van der Waals surface area contributed by atoms with Crippen LogP contribution in [0.1, 0.15) is 40.5 Å². The first-order valence-corrected chi connectivity index (χ1v) is 7.74. The summed E-state index contributed by atoms with van der Waals surface area (Å²) in [6.07, 6.45) is 2.70. The number of carbonyl (C=O) groups is 1. The minimum absolute atomic E-state index is 0.103. The minimum atomic E-state index is -0.300. The van der Waals surface area contributed by atoms with Gasteiger partial charge in [0.05, 0.1) is 17.8 Å². The molecule has 1 saturated carbocycles. The molecule has 5 heteroatoms. The Morgan fingerprint density at radius 3 is 2.70 bits per heavy atom. The Morgan fingerprint density at radius 2 is 2.09 bits per heavy atom. The van der Waals surface area contributed by atoms with Crippen molar-refractivity contribution in [2.75, 3.05) is 0 Å². The standard InChI is InChI=1S/C18H20N2O3/c1-11-5-6-12(10-16(11)22)18(23)20-17(13-8-14(21)9-13)15-4-2-3-7-19-15/h2-7,10,13-14,17,21-22H,8-9H2,1H3,(H,20,23)/t13?,14?,17-/m0/s1. The number of carbonyl (C=O) groups excluding carboxylic acids is 1. The Labute approximate surface area is 135 Å². The number of aromatic nitrogens is 1. The molecule has 1 heterocycles. The molecule has 5 nitrogen and oxygen atoms in total. The number of aromatic hydroxyl groups is 1. The summed E-state index contributed by atoms with van der Waals surface area (Å²) >= 11 is 0. The largest absolute Gasteiger partial charge is 0.508 e. The number of aliphatic hydroxyl groups excluding tert-OH is 1. The predicted octanol–water partition coefficient (Wildman–Crippen LogP) is 2.34. The highest BCUT2D eigenvalue weighted by atomic mass is 16.3. The smallest absolute Gasteiger partial charge is 0.251 e. The van der Waals surface area contributed by atoms with Crippen molar-refractivity contribution in [3.8, 4) is 5.75 Å². The summed E-state index contributed by atoms with van der Waals surface area (Å²) in [5.74, 6) is 0.0198. The lowest BCUT2D eigenvalue weighted by Crippen LogP contribution is -2.41. The summed E-state index contributed by atoms with van der Waals surface area (Å²) in [6.45, 7) is 1.78. The predicted molar refractivity (Wildman–Crippen MR) is 86.0 cm³/mol. The zero-order valence-electron chi connectivity index (χ0n) is 12.9. The van der Waals surface area contributed by atoms with Gasteiger partial charge in [0.2, 0.25) is 0 Å². The van der Waals surface area contributed by atoms with Crippen LogP contribution in [0.25, 0.3) is 0 Å². The zero-order valence-corrected chi connectivity index (χ0v) is 12.9. The lowest BCUT2D eigenvalue weighted by molar-refractivity contribution is 0.0228. The van der Waals surface area contributed by atoms with Crippen molar-refractivity contribution in [1.29, 1.82) is 0 Å². The number of hydrogen-bond donors (Lipinski definition) is 3. The van der Waals surface area contributed by atoms with Crippen LogP contribution in [0.4, 0.5) is 0 Å². The van der Waals surface area contributed by atoms with Crippen LogP contribution in [-0.4, -0.2) is 27.2 Å². The number of rotatable bonds is 4. The van der Waals surface area contributed by atoms with Crippen molar-refractivity contribution in [1.82, 2.24) is 10.3 Å². The van der Waals surface area contributed by atoms with E-state index in [4.69, 9.17) is 0 Å². The summed E-state index contributed by atoms with van der Waals surface area (Å²) in [5.41, 5.74) is 1.92. The van der Waals surface area contributed by atoms with Crippen LogP contribution in [0.5, 0.6) is 5.75 Å². The fraction of sp³-hybridized carbons (Fsp3) is 0.333. The molecular weight excluding hydrogens is 292 g/mol. The summed E-state index contributed by atoms with van der Waals surface area (Å²) in [4.78, 5) is 16.8. The highest BCUT2D eigenvalue weighted by Gasteiger charge is 2.36. The van der Waals surface area contributed by atoms with Crippen LogP contribution < -0.4 is 5.32 Å².